The summed E-state index contributed by atoms with van der Waals surface area (Å²) >= 11 is 0. The van der Waals surface area contributed by atoms with Gasteiger partial charge in [0.15, 0.2) is 5.52 Å². The smallest absolute Gasteiger partial charge is 0.794 e. The molecule has 10 heteroatoms. The van der Waals surface area contributed by atoms with Crippen molar-refractivity contribution in [3.63, 3.8) is 0 Å². The van der Waals surface area contributed by atoms with Crippen LogP contribution in [0.25, 0.3) is 0 Å². The molecule has 0 aliphatic heterocycles. The molecule has 0 saturated heterocycles. The van der Waals surface area contributed by atoms with Crippen molar-refractivity contribution >= 4 is 18.8 Å². The first-order valence-electron chi connectivity index (χ1n) is 4.87. The van der Waals surface area contributed by atoms with Gasteiger partial charge < -0.3 is 14.6 Å². The van der Waals surface area contributed by atoms with Gasteiger partial charge in [0.05, 0.1) is 26.9 Å². The second-order valence-electron chi connectivity index (χ2n) is 3.51. The van der Waals surface area contributed by atoms with Gasteiger partial charge >= 0.3 is 29.6 Å². The number of hydrogen-bond acceptors (Lipinski definition) is 7. The average Bonchev–Trinajstić information content (AvgIpc) is 2.23. The Morgan fingerprint density at radius 2 is 2.00 bits per heavy atom. The van der Waals surface area contributed by atoms with Gasteiger partial charge in [-0.3, -0.25) is 20.1 Å². The molecule has 0 saturated carbocycles. The van der Waals surface area contributed by atoms with Crippen LogP contribution in [0.1, 0.15) is 13.3 Å². The molecule has 0 bridgehead atoms. The molecule has 0 aromatic heterocycles. The zero-order chi connectivity index (χ0) is 13.6. The molecule has 2 unspecified atom stereocenters. The molecule has 0 fully saturated rings. The van der Waals surface area contributed by atoms with E-state index < -0.39 is 38.1 Å². The molecule has 18 heavy (non-hydrogen) atoms. The zero-order valence-electron chi connectivity index (χ0n) is 10.6. The van der Waals surface area contributed by atoms with Crippen LogP contribution < -0.4 is 39.8 Å². The summed E-state index contributed by atoms with van der Waals surface area (Å²) in [7, 11) is -4.06. The number of aliphatic hydroxyl groups is 1. The summed E-state index contributed by atoms with van der Waals surface area (Å²) in [5, 5.41) is 20.4. The van der Waals surface area contributed by atoms with Gasteiger partial charge in [0, 0.05) is 0 Å². The molecular formula is C8H16N2NaO6P. The van der Waals surface area contributed by atoms with E-state index in [1.165, 1.54) is 6.92 Å². The second kappa shape index (κ2) is 9.17. The van der Waals surface area contributed by atoms with Crippen LogP contribution in [-0.4, -0.2) is 52.8 Å². The summed E-state index contributed by atoms with van der Waals surface area (Å²) in [6.45, 7) is 1.26. The van der Waals surface area contributed by atoms with E-state index in [0.29, 0.717) is 5.06 Å². The van der Waals surface area contributed by atoms with Crippen LogP contribution in [0.4, 0.5) is 0 Å². The molecule has 0 aromatic rings. The minimum absolute atomic E-state index is 0. The van der Waals surface area contributed by atoms with Crippen LogP contribution in [0.5, 0.6) is 0 Å². The fourth-order valence-corrected chi connectivity index (χ4v) is 1.27. The number of aliphatic hydroxyl groups excluding tert-OH is 1. The van der Waals surface area contributed by atoms with Crippen molar-refractivity contribution in [1.29, 1.82) is 0 Å². The number of hydrogen-bond donors (Lipinski definition) is 3. The van der Waals surface area contributed by atoms with Crippen LogP contribution in [0, 0.1) is 0 Å². The largest absolute Gasteiger partial charge is 1.00 e. The Bertz CT molecular complexity index is 334. The first-order chi connectivity index (χ1) is 7.70. The maximum atomic E-state index is 11.1. The van der Waals surface area contributed by atoms with Gasteiger partial charge in [-0.15, -0.1) is 0 Å². The topological polar surface area (TPSA) is 130 Å². The summed E-state index contributed by atoms with van der Waals surface area (Å²) in [6.07, 6.45) is -1.19. The van der Waals surface area contributed by atoms with Gasteiger partial charge in [-0.2, -0.15) is 0 Å². The number of hydroxylamine groups is 2. The van der Waals surface area contributed by atoms with E-state index in [0.717, 1.165) is 6.66 Å². The molecule has 3 N–H and O–H groups in total. The fourth-order valence-electron chi connectivity index (χ4n) is 0.891. The number of rotatable bonds is 7. The number of carbonyl (C=O) groups is 2. The fraction of sp³-hybridized carbons (Fsp3) is 0.750. The predicted molar refractivity (Wildman–Crippen MR) is 56.3 cm³/mol. The van der Waals surface area contributed by atoms with Crippen molar-refractivity contribution in [3.8, 4) is 0 Å². The molecule has 0 radical (unpaired) electrons. The van der Waals surface area contributed by atoms with Gasteiger partial charge in [-0.25, -0.2) is 5.06 Å². The van der Waals surface area contributed by atoms with Crippen molar-refractivity contribution < 1.29 is 58.9 Å². The van der Waals surface area contributed by atoms with Crippen LogP contribution in [0.15, 0.2) is 0 Å². The molecule has 0 aromatic carbocycles. The summed E-state index contributed by atoms with van der Waals surface area (Å²) in [5.41, 5.74) is -1.01. The SMILES string of the molecule is CC(NCC(=O)P(C)(=O)[O-])N(O)C(=O)CCO.[Na+]. The first-order valence-corrected chi connectivity index (χ1v) is 6.94. The third-order valence-electron chi connectivity index (χ3n) is 1.95. The molecule has 0 spiro atoms. The van der Waals surface area contributed by atoms with Gasteiger partial charge in [0.1, 0.15) is 6.17 Å². The maximum absolute atomic E-state index is 11.1. The normalized spacial score (nSPS) is 15.2. The van der Waals surface area contributed by atoms with Gasteiger partial charge in [0.25, 0.3) is 0 Å². The minimum Gasteiger partial charge on any atom is -0.794 e. The molecule has 1 amide bonds. The van der Waals surface area contributed by atoms with E-state index in [-0.39, 0.29) is 36.0 Å². The van der Waals surface area contributed by atoms with Crippen molar-refractivity contribution in [2.45, 2.75) is 19.5 Å². The first kappa shape index (κ1) is 20.5. The molecule has 0 aliphatic rings. The Kier molecular flexibility index (Phi) is 10.5. The molecule has 100 valence electrons. The standard InChI is InChI=1S/C8H17N2O6P.Na/c1-6(10(14)7(12)3-4-11)9-5-8(13)17(2,15)16;/h6,9,11,14H,3-5H2,1-2H3,(H,15,16);/q;+1/p-1. The Hall–Kier alpha value is 0.210. The maximum Gasteiger partial charge on any atom is 1.00 e. The summed E-state index contributed by atoms with van der Waals surface area (Å²) in [4.78, 5) is 32.9. The summed E-state index contributed by atoms with van der Waals surface area (Å²) in [6, 6.07) is 0. The van der Waals surface area contributed by atoms with E-state index in [1.54, 1.807) is 0 Å². The van der Waals surface area contributed by atoms with Crippen molar-refractivity contribution in [3.05, 3.63) is 0 Å². The van der Waals surface area contributed by atoms with Gasteiger partial charge in [-0.1, -0.05) is 0 Å². The van der Waals surface area contributed by atoms with Crippen molar-refractivity contribution in [2.75, 3.05) is 19.8 Å². The Morgan fingerprint density at radius 1 is 1.50 bits per heavy atom. The van der Waals surface area contributed by atoms with E-state index in [9.17, 15) is 24.3 Å². The third-order valence-corrected chi connectivity index (χ3v) is 3.01. The quantitative estimate of drug-likeness (QED) is 0.141. The Morgan fingerprint density at radius 3 is 2.39 bits per heavy atom. The second-order valence-corrected chi connectivity index (χ2v) is 5.70. The number of nitrogens with zero attached hydrogens (tertiary/aromatic N) is 1. The van der Waals surface area contributed by atoms with E-state index in [1.807, 2.05) is 0 Å². The molecule has 0 heterocycles. The number of carbonyl (C=O) groups excluding carboxylic acids is 2. The van der Waals surface area contributed by atoms with Crippen LogP contribution in [-0.2, 0) is 14.2 Å². The third kappa shape index (κ3) is 7.60. The molecule has 0 aliphatic carbocycles. The average molecular weight is 290 g/mol. The van der Waals surface area contributed by atoms with Crippen LogP contribution in [0.2, 0.25) is 0 Å². The molecule has 8 nitrogen and oxygen atoms in total. The summed E-state index contributed by atoms with van der Waals surface area (Å²) in [5.74, 6) is -0.734. The van der Waals surface area contributed by atoms with Gasteiger partial charge in [-0.05, 0) is 13.6 Å². The minimum atomic E-state index is -4.06. The summed E-state index contributed by atoms with van der Waals surface area (Å²) < 4.78 is 10.8. The molecular weight excluding hydrogens is 274 g/mol. The van der Waals surface area contributed by atoms with E-state index >= 15 is 0 Å². The predicted octanol–water partition coefficient (Wildman–Crippen LogP) is -4.68. The van der Waals surface area contributed by atoms with Crippen molar-refractivity contribution in [2.24, 2.45) is 0 Å². The molecule has 2 atom stereocenters. The van der Waals surface area contributed by atoms with E-state index in [4.69, 9.17) is 5.11 Å². The number of amides is 1. The Balaban J connectivity index is 0. The number of nitrogens with one attached hydrogen (secondary N) is 1. The van der Waals surface area contributed by atoms with Crippen LogP contribution >= 0.6 is 7.37 Å². The Labute approximate surface area is 127 Å². The van der Waals surface area contributed by atoms with Crippen LogP contribution in [0.3, 0.4) is 0 Å². The van der Waals surface area contributed by atoms with E-state index in [2.05, 4.69) is 5.32 Å². The van der Waals surface area contributed by atoms with Crippen molar-refractivity contribution in [1.82, 2.24) is 10.4 Å². The zero-order valence-corrected chi connectivity index (χ0v) is 13.5. The monoisotopic (exact) mass is 290 g/mol. The molecule has 0 rings (SSSR count). The van der Waals surface area contributed by atoms with Gasteiger partial charge in [0.2, 0.25) is 5.91 Å².